The lowest BCUT2D eigenvalue weighted by Gasteiger charge is -2.17. The van der Waals surface area contributed by atoms with E-state index < -0.39 is 0 Å². The summed E-state index contributed by atoms with van der Waals surface area (Å²) in [6, 6.07) is 7.26. The van der Waals surface area contributed by atoms with Crippen molar-refractivity contribution in [3.05, 3.63) is 40.4 Å². The van der Waals surface area contributed by atoms with Crippen LogP contribution in [0.2, 0.25) is 0 Å². The first-order valence-corrected chi connectivity index (χ1v) is 5.55. The van der Waals surface area contributed by atoms with Gasteiger partial charge in [-0.3, -0.25) is 0 Å². The molecule has 0 saturated heterocycles. The van der Waals surface area contributed by atoms with Gasteiger partial charge in [-0.1, -0.05) is 26.8 Å². The van der Waals surface area contributed by atoms with Gasteiger partial charge >= 0.3 is 5.63 Å². The number of ether oxygens (including phenoxy) is 1. The number of hydrogen-bond donors (Lipinski definition) is 0. The highest BCUT2D eigenvalue weighted by molar-refractivity contribution is 5.87. The third kappa shape index (κ3) is 2.05. The molecule has 0 aliphatic heterocycles. The fraction of sp³-hybridized carbons (Fsp3) is 0.357. The highest BCUT2D eigenvalue weighted by Gasteiger charge is 2.19. The lowest BCUT2D eigenvalue weighted by molar-refractivity contribution is 0.380. The molecule has 0 saturated carbocycles. The van der Waals surface area contributed by atoms with Crippen molar-refractivity contribution in [2.75, 3.05) is 7.11 Å². The molecule has 0 aliphatic rings. The van der Waals surface area contributed by atoms with E-state index in [1.807, 2.05) is 32.9 Å². The number of fused-ring (bicyclic) bond motifs is 1. The number of methoxy groups -OCH3 is 1. The molecule has 1 heterocycles. The maximum atomic E-state index is 11.9. The summed E-state index contributed by atoms with van der Waals surface area (Å²) >= 11 is 0. The average molecular weight is 232 g/mol. The van der Waals surface area contributed by atoms with E-state index in [1.54, 1.807) is 19.2 Å². The molecule has 1 aromatic heterocycles. The van der Waals surface area contributed by atoms with E-state index >= 15 is 0 Å². The van der Waals surface area contributed by atoms with Crippen molar-refractivity contribution >= 4 is 10.8 Å². The van der Waals surface area contributed by atoms with Crippen LogP contribution in [0.5, 0.6) is 5.75 Å². The Morgan fingerprint density at radius 1 is 1.18 bits per heavy atom. The van der Waals surface area contributed by atoms with Crippen LogP contribution in [-0.4, -0.2) is 7.11 Å². The molecule has 1 aromatic carbocycles. The monoisotopic (exact) mass is 232 g/mol. The fourth-order valence-corrected chi connectivity index (χ4v) is 1.73. The van der Waals surface area contributed by atoms with Crippen LogP contribution >= 0.6 is 0 Å². The normalized spacial score (nSPS) is 11.8. The number of hydrogen-bond acceptors (Lipinski definition) is 3. The zero-order valence-electron chi connectivity index (χ0n) is 10.5. The van der Waals surface area contributed by atoms with Gasteiger partial charge in [0.25, 0.3) is 0 Å². The van der Waals surface area contributed by atoms with E-state index in [2.05, 4.69) is 0 Å². The smallest absolute Gasteiger partial charge is 0.343 e. The van der Waals surface area contributed by atoms with E-state index in [1.165, 1.54) is 0 Å². The van der Waals surface area contributed by atoms with Gasteiger partial charge in [-0.25, -0.2) is 4.79 Å². The van der Waals surface area contributed by atoms with E-state index in [4.69, 9.17) is 9.15 Å². The van der Waals surface area contributed by atoms with E-state index in [0.29, 0.717) is 16.9 Å². The number of benzene rings is 1. The molecule has 0 aliphatic carbocycles. The molecular formula is C14H16O3. The van der Waals surface area contributed by atoms with Crippen LogP contribution < -0.4 is 10.4 Å². The molecule has 0 radical (unpaired) electrons. The molecule has 0 atom stereocenters. The van der Waals surface area contributed by atoms with Gasteiger partial charge in [0.15, 0.2) is 0 Å². The first-order valence-electron chi connectivity index (χ1n) is 5.55. The lowest BCUT2D eigenvalue weighted by atomic mass is 9.92. The zero-order chi connectivity index (χ0) is 12.6. The minimum Gasteiger partial charge on any atom is -0.496 e. The zero-order valence-corrected chi connectivity index (χ0v) is 10.5. The Morgan fingerprint density at radius 2 is 1.88 bits per heavy atom. The summed E-state index contributed by atoms with van der Waals surface area (Å²) in [6.07, 6.45) is 0. The summed E-state index contributed by atoms with van der Waals surface area (Å²) in [4.78, 5) is 11.9. The van der Waals surface area contributed by atoms with Crippen molar-refractivity contribution < 1.29 is 9.15 Å². The Labute approximate surface area is 100 Å². The number of rotatable bonds is 1. The Kier molecular flexibility index (Phi) is 2.69. The highest BCUT2D eigenvalue weighted by atomic mass is 16.5. The Morgan fingerprint density at radius 3 is 2.47 bits per heavy atom. The van der Waals surface area contributed by atoms with Gasteiger partial charge in [0.05, 0.1) is 12.5 Å². The molecule has 0 fully saturated rings. The first-order chi connectivity index (χ1) is 7.93. The van der Waals surface area contributed by atoms with E-state index in [9.17, 15) is 4.79 Å². The van der Waals surface area contributed by atoms with E-state index in [-0.39, 0.29) is 11.0 Å². The molecule has 2 aromatic rings. The predicted molar refractivity (Wildman–Crippen MR) is 67.7 cm³/mol. The first kappa shape index (κ1) is 11.7. The third-order valence-corrected chi connectivity index (χ3v) is 2.72. The largest absolute Gasteiger partial charge is 0.496 e. The van der Waals surface area contributed by atoms with Gasteiger partial charge < -0.3 is 9.15 Å². The molecule has 3 heteroatoms. The summed E-state index contributed by atoms with van der Waals surface area (Å²) in [6.45, 7) is 6.02. The third-order valence-electron chi connectivity index (χ3n) is 2.72. The van der Waals surface area contributed by atoms with Crippen molar-refractivity contribution in [1.29, 1.82) is 0 Å². The van der Waals surface area contributed by atoms with Gasteiger partial charge in [-0.2, -0.15) is 0 Å². The van der Waals surface area contributed by atoms with Crippen molar-refractivity contribution in [2.24, 2.45) is 0 Å². The maximum absolute atomic E-state index is 11.9. The fourth-order valence-electron chi connectivity index (χ4n) is 1.73. The van der Waals surface area contributed by atoms with Gasteiger partial charge in [-0.05, 0) is 18.2 Å². The van der Waals surface area contributed by atoms with Crippen LogP contribution in [0, 0.1) is 0 Å². The molecule has 17 heavy (non-hydrogen) atoms. The Bertz CT molecular complexity index is 603. The standard InChI is InChI=1S/C14H16O3/c1-14(2,3)12-8-10-9(13(15)17-12)6-5-7-11(10)16-4/h5-8H,1-4H3. The lowest BCUT2D eigenvalue weighted by Crippen LogP contribution is -2.15. The van der Waals surface area contributed by atoms with Crippen molar-refractivity contribution in [1.82, 2.24) is 0 Å². The Hall–Kier alpha value is -1.77. The molecule has 3 nitrogen and oxygen atoms in total. The van der Waals surface area contributed by atoms with Gasteiger partial charge in [0.2, 0.25) is 0 Å². The predicted octanol–water partition coefficient (Wildman–Crippen LogP) is 3.10. The second kappa shape index (κ2) is 3.91. The van der Waals surface area contributed by atoms with Crippen molar-refractivity contribution in [2.45, 2.75) is 26.2 Å². The molecular weight excluding hydrogens is 216 g/mol. The van der Waals surface area contributed by atoms with Crippen molar-refractivity contribution in [3.63, 3.8) is 0 Å². The molecule has 0 spiro atoms. The van der Waals surface area contributed by atoms with Gasteiger partial charge in [-0.15, -0.1) is 0 Å². The summed E-state index contributed by atoms with van der Waals surface area (Å²) in [7, 11) is 1.60. The molecule has 0 amide bonds. The minimum absolute atomic E-state index is 0.200. The van der Waals surface area contributed by atoms with Crippen LogP contribution in [0.4, 0.5) is 0 Å². The second-order valence-corrected chi connectivity index (χ2v) is 5.07. The molecule has 0 unspecified atom stereocenters. The summed E-state index contributed by atoms with van der Waals surface area (Å²) in [5, 5.41) is 1.36. The van der Waals surface area contributed by atoms with E-state index in [0.717, 1.165) is 5.39 Å². The van der Waals surface area contributed by atoms with Crippen LogP contribution in [0.25, 0.3) is 10.8 Å². The van der Waals surface area contributed by atoms with Crippen LogP contribution in [0.3, 0.4) is 0 Å². The van der Waals surface area contributed by atoms with Crippen LogP contribution in [0.15, 0.2) is 33.5 Å². The van der Waals surface area contributed by atoms with Crippen molar-refractivity contribution in [3.8, 4) is 5.75 Å². The SMILES string of the molecule is COc1cccc2c(=O)oc(C(C)(C)C)cc12. The summed E-state index contributed by atoms with van der Waals surface area (Å²) in [5.74, 6) is 1.36. The molecule has 0 N–H and O–H groups in total. The summed E-state index contributed by atoms with van der Waals surface area (Å²) in [5.41, 5.74) is -0.514. The summed E-state index contributed by atoms with van der Waals surface area (Å²) < 4.78 is 10.6. The molecule has 2 rings (SSSR count). The van der Waals surface area contributed by atoms with Crippen LogP contribution in [0.1, 0.15) is 26.5 Å². The van der Waals surface area contributed by atoms with Gasteiger partial charge in [0.1, 0.15) is 11.5 Å². The molecule has 90 valence electrons. The molecule has 0 bridgehead atoms. The average Bonchev–Trinajstić information content (AvgIpc) is 2.27. The Balaban J connectivity index is 2.84. The minimum atomic E-state index is -0.314. The topological polar surface area (TPSA) is 39.4 Å². The quantitative estimate of drug-likeness (QED) is 0.758. The van der Waals surface area contributed by atoms with Gasteiger partial charge in [0, 0.05) is 10.8 Å². The second-order valence-electron chi connectivity index (χ2n) is 5.07. The highest BCUT2D eigenvalue weighted by Crippen LogP contribution is 2.28. The van der Waals surface area contributed by atoms with Crippen LogP contribution in [-0.2, 0) is 5.41 Å². The maximum Gasteiger partial charge on any atom is 0.343 e.